The van der Waals surface area contributed by atoms with Crippen LogP contribution in [0.4, 0.5) is 5.13 Å². The van der Waals surface area contributed by atoms with Crippen molar-refractivity contribution < 1.29 is 19.1 Å². The van der Waals surface area contributed by atoms with Gasteiger partial charge >= 0.3 is 5.97 Å². The van der Waals surface area contributed by atoms with Gasteiger partial charge in [0.1, 0.15) is 12.2 Å². The number of piperazine rings is 1. The van der Waals surface area contributed by atoms with E-state index in [0.717, 1.165) is 5.56 Å². The van der Waals surface area contributed by atoms with E-state index >= 15 is 0 Å². The number of aromatic nitrogens is 1. The fourth-order valence-corrected chi connectivity index (χ4v) is 4.91. The van der Waals surface area contributed by atoms with E-state index in [2.05, 4.69) is 10.3 Å². The van der Waals surface area contributed by atoms with Crippen molar-refractivity contribution in [3.63, 3.8) is 0 Å². The summed E-state index contributed by atoms with van der Waals surface area (Å²) in [7, 11) is 3.10. The van der Waals surface area contributed by atoms with E-state index in [1.165, 1.54) is 23.3 Å². The molecule has 1 N–H and O–H groups in total. The summed E-state index contributed by atoms with van der Waals surface area (Å²) in [5, 5.41) is 5.24. The normalized spacial score (nSPS) is 23.7. The maximum atomic E-state index is 13.1. The van der Waals surface area contributed by atoms with Crippen LogP contribution in [-0.2, 0) is 14.3 Å². The third-order valence-corrected chi connectivity index (χ3v) is 6.37. The summed E-state index contributed by atoms with van der Waals surface area (Å²) in [6, 6.07) is 8.90. The maximum absolute atomic E-state index is 13.1. The zero-order valence-corrected chi connectivity index (χ0v) is 17.0. The Morgan fingerprint density at radius 3 is 2.69 bits per heavy atom. The molecule has 152 valence electrons. The van der Waals surface area contributed by atoms with Crippen molar-refractivity contribution in [1.82, 2.24) is 14.8 Å². The van der Waals surface area contributed by atoms with E-state index in [1.807, 2.05) is 30.3 Å². The Morgan fingerprint density at radius 2 is 2.03 bits per heavy atom. The predicted octanol–water partition coefficient (Wildman–Crippen LogP) is 1.77. The van der Waals surface area contributed by atoms with Crippen molar-refractivity contribution in [2.75, 3.05) is 32.6 Å². The van der Waals surface area contributed by atoms with Gasteiger partial charge in [0.05, 0.1) is 25.1 Å². The number of fused-ring (bicyclic) bond motifs is 1. The minimum absolute atomic E-state index is 0.0288. The number of nitrogens with one attached hydrogen (secondary N) is 1. The molecule has 2 amide bonds. The number of carbonyl (C=O) groups is 3. The lowest BCUT2D eigenvalue weighted by Crippen LogP contribution is -2.55. The summed E-state index contributed by atoms with van der Waals surface area (Å²) < 4.78 is 5.01. The van der Waals surface area contributed by atoms with Crippen molar-refractivity contribution in [3.05, 3.63) is 47.0 Å². The zero-order chi connectivity index (χ0) is 20.5. The second-order valence-electron chi connectivity index (χ2n) is 7.15. The number of carbonyl (C=O) groups excluding carboxylic acids is 3. The van der Waals surface area contributed by atoms with Gasteiger partial charge in [-0.1, -0.05) is 30.3 Å². The Bertz CT molecular complexity index is 932. The highest BCUT2D eigenvalue weighted by molar-refractivity contribution is 7.13. The van der Waals surface area contributed by atoms with Gasteiger partial charge in [-0.3, -0.25) is 14.4 Å². The number of benzene rings is 1. The quantitative estimate of drug-likeness (QED) is 0.767. The number of hydrogen-bond acceptors (Lipinski definition) is 7. The van der Waals surface area contributed by atoms with Crippen molar-refractivity contribution in [2.24, 2.45) is 5.92 Å². The molecule has 0 spiro atoms. The SMILES string of the molecule is CNc1nc(C(=O)N2CC(=O)N3[C@@H](C[C@H](C(=O)OC)[C@@H]3c3ccccc3)C2)cs1. The molecule has 9 heteroatoms. The highest BCUT2D eigenvalue weighted by Gasteiger charge is 2.51. The lowest BCUT2D eigenvalue weighted by molar-refractivity contribution is -0.147. The molecule has 29 heavy (non-hydrogen) atoms. The van der Waals surface area contributed by atoms with Crippen LogP contribution < -0.4 is 5.32 Å². The first-order valence-corrected chi connectivity index (χ1v) is 10.3. The van der Waals surface area contributed by atoms with E-state index in [0.29, 0.717) is 23.8 Å². The molecule has 4 rings (SSSR count). The van der Waals surface area contributed by atoms with Gasteiger partial charge in [0.15, 0.2) is 5.13 Å². The number of thiazole rings is 1. The number of rotatable bonds is 4. The van der Waals surface area contributed by atoms with Crippen molar-refractivity contribution >= 4 is 34.3 Å². The second-order valence-corrected chi connectivity index (χ2v) is 8.01. The smallest absolute Gasteiger partial charge is 0.311 e. The van der Waals surface area contributed by atoms with Gasteiger partial charge in [0.25, 0.3) is 5.91 Å². The van der Waals surface area contributed by atoms with Gasteiger partial charge < -0.3 is 19.9 Å². The molecule has 0 unspecified atom stereocenters. The predicted molar refractivity (Wildman–Crippen MR) is 108 cm³/mol. The number of methoxy groups -OCH3 is 1. The van der Waals surface area contributed by atoms with Gasteiger partial charge in [-0.15, -0.1) is 11.3 Å². The average Bonchev–Trinajstić information content (AvgIpc) is 3.38. The third-order valence-electron chi connectivity index (χ3n) is 5.51. The van der Waals surface area contributed by atoms with Gasteiger partial charge in [0, 0.05) is 19.0 Å². The van der Waals surface area contributed by atoms with E-state index in [-0.39, 0.29) is 36.4 Å². The molecule has 1 aromatic heterocycles. The van der Waals surface area contributed by atoms with Crippen molar-refractivity contribution in [1.29, 1.82) is 0 Å². The molecule has 2 saturated heterocycles. The molecule has 1 aromatic carbocycles. The largest absolute Gasteiger partial charge is 0.469 e. The highest BCUT2D eigenvalue weighted by Crippen LogP contribution is 2.43. The molecule has 8 nitrogen and oxygen atoms in total. The molecule has 0 aliphatic carbocycles. The summed E-state index contributed by atoms with van der Waals surface area (Å²) in [5.41, 5.74) is 1.22. The van der Waals surface area contributed by atoms with Crippen LogP contribution in [-0.4, -0.2) is 65.9 Å². The summed E-state index contributed by atoms with van der Waals surface area (Å²) in [6.45, 7) is 0.340. The van der Waals surface area contributed by atoms with Crippen LogP contribution in [0, 0.1) is 5.92 Å². The van der Waals surface area contributed by atoms with E-state index < -0.39 is 5.92 Å². The van der Waals surface area contributed by atoms with Crippen LogP contribution in [0.25, 0.3) is 0 Å². The van der Waals surface area contributed by atoms with E-state index in [9.17, 15) is 14.4 Å². The van der Waals surface area contributed by atoms with Gasteiger partial charge in [-0.05, 0) is 12.0 Å². The Hall–Kier alpha value is -2.94. The van der Waals surface area contributed by atoms with E-state index in [1.54, 1.807) is 17.3 Å². The average molecular weight is 414 g/mol. The minimum atomic E-state index is -0.457. The minimum Gasteiger partial charge on any atom is -0.469 e. The molecule has 2 fully saturated rings. The first kappa shape index (κ1) is 19.4. The molecule has 2 aromatic rings. The molecule has 3 heterocycles. The second kappa shape index (κ2) is 7.82. The van der Waals surface area contributed by atoms with Crippen LogP contribution in [0.15, 0.2) is 35.7 Å². The van der Waals surface area contributed by atoms with Crippen LogP contribution in [0.3, 0.4) is 0 Å². The highest BCUT2D eigenvalue weighted by atomic mass is 32.1. The van der Waals surface area contributed by atoms with Crippen LogP contribution >= 0.6 is 11.3 Å². The fourth-order valence-electron chi connectivity index (χ4n) is 4.26. The molecular formula is C20H22N4O4S. The first-order valence-electron chi connectivity index (χ1n) is 9.40. The molecule has 0 bridgehead atoms. The molecule has 2 aliphatic rings. The summed E-state index contributed by atoms with van der Waals surface area (Å²) in [6.07, 6.45) is 0.459. The summed E-state index contributed by atoms with van der Waals surface area (Å²) >= 11 is 1.34. The Kier molecular flexibility index (Phi) is 5.23. The number of ether oxygens (including phenoxy) is 1. The fraction of sp³-hybridized carbons (Fsp3) is 0.400. The molecule has 0 saturated carbocycles. The molecular weight excluding hydrogens is 392 g/mol. The van der Waals surface area contributed by atoms with Crippen molar-refractivity contribution in [2.45, 2.75) is 18.5 Å². The lowest BCUT2D eigenvalue weighted by Gasteiger charge is -2.39. The van der Waals surface area contributed by atoms with Crippen molar-refractivity contribution in [3.8, 4) is 0 Å². The Labute approximate surface area is 172 Å². The molecule has 3 atom stereocenters. The van der Waals surface area contributed by atoms with E-state index in [4.69, 9.17) is 4.74 Å². The first-order chi connectivity index (χ1) is 14.0. The number of esters is 1. The van der Waals surface area contributed by atoms with Crippen LogP contribution in [0.5, 0.6) is 0 Å². The molecule has 0 radical (unpaired) electrons. The summed E-state index contributed by atoms with van der Waals surface area (Å²) in [5.74, 6) is -1.23. The standard InChI is InChI=1S/C20H22N4O4S/c1-21-20-22-15(11-29-20)18(26)23-9-13-8-14(19(27)28-2)17(24(13)16(25)10-23)12-6-4-3-5-7-12/h3-7,11,13-14,17H,8-10H2,1-2H3,(H,21,22)/t13-,14-,17-/m0/s1. The number of nitrogens with zero attached hydrogens (tertiary/aromatic N) is 3. The topological polar surface area (TPSA) is 91.8 Å². The monoisotopic (exact) mass is 414 g/mol. The lowest BCUT2D eigenvalue weighted by atomic mass is 9.93. The molecule has 2 aliphatic heterocycles. The maximum Gasteiger partial charge on any atom is 0.311 e. The van der Waals surface area contributed by atoms with Crippen LogP contribution in [0.1, 0.15) is 28.5 Å². The van der Waals surface area contributed by atoms with Gasteiger partial charge in [0.2, 0.25) is 5.91 Å². The number of amides is 2. The number of anilines is 1. The summed E-state index contributed by atoms with van der Waals surface area (Å²) in [4.78, 5) is 45.9. The Morgan fingerprint density at radius 1 is 1.28 bits per heavy atom. The van der Waals surface area contributed by atoms with Gasteiger partial charge in [-0.25, -0.2) is 4.98 Å². The third kappa shape index (κ3) is 3.46. The number of hydrogen-bond donors (Lipinski definition) is 1. The Balaban J connectivity index is 1.60. The zero-order valence-electron chi connectivity index (χ0n) is 16.2. The van der Waals surface area contributed by atoms with Crippen LogP contribution in [0.2, 0.25) is 0 Å². The van der Waals surface area contributed by atoms with Gasteiger partial charge in [-0.2, -0.15) is 0 Å².